The lowest BCUT2D eigenvalue weighted by Crippen LogP contribution is -2.28. The summed E-state index contributed by atoms with van der Waals surface area (Å²) in [5.41, 5.74) is 1.42. The minimum Gasteiger partial charge on any atom is -0.497 e. The molecule has 1 atom stereocenters. The Kier molecular flexibility index (Phi) is 4.64. The third-order valence-electron chi connectivity index (χ3n) is 4.39. The van der Waals surface area contributed by atoms with Crippen molar-refractivity contribution in [1.82, 2.24) is 4.98 Å². The number of carbonyl (C=O) groups excluding carboxylic acids is 2. The van der Waals surface area contributed by atoms with Crippen LogP contribution >= 0.6 is 11.3 Å². The second kappa shape index (κ2) is 7.24. The molecule has 4 rings (SSSR count). The summed E-state index contributed by atoms with van der Waals surface area (Å²) in [5.74, 6) is 0.662. The number of nitrogens with zero attached hydrogens (tertiary/aromatic N) is 2. The lowest BCUT2D eigenvalue weighted by atomic mass is 10.1. The van der Waals surface area contributed by atoms with E-state index >= 15 is 0 Å². The number of anilines is 2. The Morgan fingerprint density at radius 3 is 2.85 bits per heavy atom. The zero-order valence-corrected chi connectivity index (χ0v) is 15.4. The highest BCUT2D eigenvalue weighted by Crippen LogP contribution is 2.29. The average Bonchev–Trinajstić information content (AvgIpc) is 3.42. The van der Waals surface area contributed by atoms with E-state index in [-0.39, 0.29) is 18.2 Å². The van der Waals surface area contributed by atoms with Crippen molar-refractivity contribution in [3.63, 3.8) is 0 Å². The number of methoxy groups -OCH3 is 1. The number of thiazole rings is 1. The number of hydrogen-bond donors (Lipinski definition) is 1. The van der Waals surface area contributed by atoms with E-state index in [2.05, 4.69) is 10.3 Å². The van der Waals surface area contributed by atoms with Crippen molar-refractivity contribution in [3.8, 4) is 17.2 Å². The second-order valence-electron chi connectivity index (χ2n) is 6.11. The molecule has 2 aromatic heterocycles. The van der Waals surface area contributed by atoms with Gasteiger partial charge in [-0.05, 0) is 36.4 Å². The molecule has 0 bridgehead atoms. The van der Waals surface area contributed by atoms with Crippen LogP contribution in [0, 0.1) is 5.92 Å². The van der Waals surface area contributed by atoms with E-state index in [9.17, 15) is 9.59 Å². The predicted molar refractivity (Wildman–Crippen MR) is 102 cm³/mol. The van der Waals surface area contributed by atoms with Gasteiger partial charge in [-0.1, -0.05) is 0 Å². The molecule has 138 valence electrons. The smallest absolute Gasteiger partial charge is 0.231 e. The van der Waals surface area contributed by atoms with E-state index in [1.807, 2.05) is 23.6 Å². The van der Waals surface area contributed by atoms with Crippen LogP contribution in [-0.4, -0.2) is 30.5 Å². The van der Waals surface area contributed by atoms with Crippen molar-refractivity contribution in [1.29, 1.82) is 0 Å². The number of hydrogen-bond acceptors (Lipinski definition) is 6. The highest BCUT2D eigenvalue weighted by molar-refractivity contribution is 7.14. The molecule has 1 N–H and O–H groups in total. The van der Waals surface area contributed by atoms with Gasteiger partial charge in [-0.25, -0.2) is 4.98 Å². The summed E-state index contributed by atoms with van der Waals surface area (Å²) >= 11 is 1.32. The van der Waals surface area contributed by atoms with Gasteiger partial charge in [-0.2, -0.15) is 0 Å². The van der Waals surface area contributed by atoms with Crippen LogP contribution in [0.1, 0.15) is 6.42 Å². The number of ether oxygens (including phenoxy) is 1. The maximum absolute atomic E-state index is 12.6. The quantitative estimate of drug-likeness (QED) is 0.730. The molecular formula is C19H17N3O4S. The molecule has 0 aliphatic carbocycles. The molecular weight excluding hydrogens is 366 g/mol. The minimum absolute atomic E-state index is 0.0734. The maximum Gasteiger partial charge on any atom is 0.231 e. The first-order valence-electron chi connectivity index (χ1n) is 8.39. The standard InChI is InChI=1S/C19H17N3O4S/c1-25-14-6-4-13(5-7-14)22-10-12(9-17(22)23)18(24)21-19-20-15(11-27-19)16-3-2-8-26-16/h2-8,11-12H,9-10H2,1H3,(H,20,21,24). The van der Waals surface area contributed by atoms with Gasteiger partial charge in [0.2, 0.25) is 11.8 Å². The normalized spacial score (nSPS) is 16.6. The molecule has 1 aliphatic heterocycles. The molecule has 0 radical (unpaired) electrons. The SMILES string of the molecule is COc1ccc(N2CC(C(=O)Nc3nc(-c4ccco4)cs3)CC2=O)cc1. The molecule has 0 saturated carbocycles. The highest BCUT2D eigenvalue weighted by atomic mass is 32.1. The Balaban J connectivity index is 1.41. The molecule has 1 aromatic carbocycles. The van der Waals surface area contributed by atoms with Crippen LogP contribution in [0.2, 0.25) is 0 Å². The Bertz CT molecular complexity index is 950. The van der Waals surface area contributed by atoms with Crippen molar-refractivity contribution < 1.29 is 18.7 Å². The molecule has 3 aromatic rings. The molecule has 0 spiro atoms. The first-order valence-corrected chi connectivity index (χ1v) is 9.26. The minimum atomic E-state index is -0.421. The van der Waals surface area contributed by atoms with Gasteiger partial charge in [0.15, 0.2) is 10.9 Å². The topological polar surface area (TPSA) is 84.7 Å². The number of carbonyl (C=O) groups is 2. The van der Waals surface area contributed by atoms with Crippen molar-refractivity contribution >= 4 is 34.0 Å². The highest BCUT2D eigenvalue weighted by Gasteiger charge is 2.35. The van der Waals surface area contributed by atoms with Crippen LogP contribution in [0.25, 0.3) is 11.5 Å². The fourth-order valence-electron chi connectivity index (χ4n) is 2.97. The van der Waals surface area contributed by atoms with E-state index in [0.717, 1.165) is 11.4 Å². The van der Waals surface area contributed by atoms with Crippen molar-refractivity contribution in [2.45, 2.75) is 6.42 Å². The van der Waals surface area contributed by atoms with Crippen molar-refractivity contribution in [2.24, 2.45) is 5.92 Å². The Morgan fingerprint density at radius 1 is 1.33 bits per heavy atom. The maximum atomic E-state index is 12.6. The van der Waals surface area contributed by atoms with Crippen LogP contribution < -0.4 is 15.0 Å². The lowest BCUT2D eigenvalue weighted by Gasteiger charge is -2.16. The Morgan fingerprint density at radius 2 is 2.15 bits per heavy atom. The first kappa shape index (κ1) is 17.3. The third-order valence-corrected chi connectivity index (χ3v) is 5.15. The number of nitrogens with one attached hydrogen (secondary N) is 1. The van der Waals surface area contributed by atoms with Gasteiger partial charge < -0.3 is 19.4 Å². The average molecular weight is 383 g/mol. The molecule has 2 amide bonds. The summed E-state index contributed by atoms with van der Waals surface area (Å²) in [6.07, 6.45) is 1.75. The van der Waals surface area contributed by atoms with E-state index in [0.29, 0.717) is 23.1 Å². The molecule has 1 fully saturated rings. The molecule has 1 aliphatic rings. The van der Waals surface area contributed by atoms with Gasteiger partial charge in [0, 0.05) is 24.0 Å². The van der Waals surface area contributed by atoms with Crippen molar-refractivity contribution in [3.05, 3.63) is 48.0 Å². The zero-order chi connectivity index (χ0) is 18.8. The van der Waals surface area contributed by atoms with E-state index < -0.39 is 5.92 Å². The van der Waals surface area contributed by atoms with Crippen LogP contribution in [0.4, 0.5) is 10.8 Å². The molecule has 8 heteroatoms. The van der Waals surface area contributed by atoms with Crippen LogP contribution in [0.3, 0.4) is 0 Å². The fraction of sp³-hybridized carbons (Fsp3) is 0.211. The van der Waals surface area contributed by atoms with Gasteiger partial charge in [0.1, 0.15) is 11.4 Å². The Hall–Kier alpha value is -3.13. The number of aromatic nitrogens is 1. The molecule has 1 saturated heterocycles. The largest absolute Gasteiger partial charge is 0.497 e. The van der Waals surface area contributed by atoms with Gasteiger partial charge in [0.25, 0.3) is 0 Å². The number of amides is 2. The fourth-order valence-corrected chi connectivity index (χ4v) is 3.67. The van der Waals surface area contributed by atoms with Crippen LogP contribution in [0.15, 0.2) is 52.5 Å². The van der Waals surface area contributed by atoms with E-state index in [4.69, 9.17) is 9.15 Å². The van der Waals surface area contributed by atoms with E-state index in [1.165, 1.54) is 11.3 Å². The molecule has 1 unspecified atom stereocenters. The summed E-state index contributed by atoms with van der Waals surface area (Å²) in [4.78, 5) is 30.9. The summed E-state index contributed by atoms with van der Waals surface area (Å²) in [6.45, 7) is 0.341. The monoisotopic (exact) mass is 383 g/mol. The summed E-state index contributed by atoms with van der Waals surface area (Å²) < 4.78 is 10.4. The summed E-state index contributed by atoms with van der Waals surface area (Å²) in [6, 6.07) is 10.8. The molecule has 3 heterocycles. The van der Waals surface area contributed by atoms with Crippen LogP contribution in [-0.2, 0) is 9.59 Å². The summed E-state index contributed by atoms with van der Waals surface area (Å²) in [5, 5.41) is 5.11. The summed E-state index contributed by atoms with van der Waals surface area (Å²) in [7, 11) is 1.59. The number of furan rings is 1. The second-order valence-corrected chi connectivity index (χ2v) is 6.97. The lowest BCUT2D eigenvalue weighted by molar-refractivity contribution is -0.122. The number of benzene rings is 1. The van der Waals surface area contributed by atoms with E-state index in [1.54, 1.807) is 36.5 Å². The van der Waals surface area contributed by atoms with Gasteiger partial charge in [-0.3, -0.25) is 9.59 Å². The van der Waals surface area contributed by atoms with Gasteiger partial charge >= 0.3 is 0 Å². The molecule has 7 nitrogen and oxygen atoms in total. The van der Waals surface area contributed by atoms with Gasteiger partial charge in [0.05, 0.1) is 19.3 Å². The predicted octanol–water partition coefficient (Wildman–Crippen LogP) is 3.40. The zero-order valence-electron chi connectivity index (χ0n) is 14.5. The first-order chi connectivity index (χ1) is 13.1. The van der Waals surface area contributed by atoms with Gasteiger partial charge in [-0.15, -0.1) is 11.3 Å². The van der Waals surface area contributed by atoms with Crippen molar-refractivity contribution in [2.75, 3.05) is 23.9 Å². The van der Waals surface area contributed by atoms with Crippen LogP contribution in [0.5, 0.6) is 5.75 Å². The Labute approximate surface area is 159 Å². The number of rotatable bonds is 5. The third kappa shape index (κ3) is 3.56. The molecule has 27 heavy (non-hydrogen) atoms.